The molecule has 23 heavy (non-hydrogen) atoms. The van der Waals surface area contributed by atoms with Crippen molar-refractivity contribution in [2.75, 3.05) is 25.6 Å². The lowest BCUT2D eigenvalue weighted by molar-refractivity contribution is 0.210. The maximum atomic E-state index is 6.04. The summed E-state index contributed by atoms with van der Waals surface area (Å²) >= 11 is 7.62. The fraction of sp³-hybridized carbons (Fsp3) is 0.294. The molecule has 0 fully saturated rings. The highest BCUT2D eigenvalue weighted by atomic mass is 35.5. The molecule has 3 rings (SSSR count). The minimum absolute atomic E-state index is 0.257. The lowest BCUT2D eigenvalue weighted by Gasteiger charge is -2.09. The predicted octanol–water partition coefficient (Wildman–Crippen LogP) is 4.63. The van der Waals surface area contributed by atoms with Crippen LogP contribution in [0, 0.1) is 0 Å². The Kier molecular flexibility index (Phi) is 5.10. The number of fused-ring (bicyclic) bond motifs is 1. The van der Waals surface area contributed by atoms with Crippen molar-refractivity contribution < 1.29 is 4.74 Å². The zero-order valence-electron chi connectivity index (χ0n) is 13.1. The van der Waals surface area contributed by atoms with E-state index in [0.29, 0.717) is 13.2 Å². The van der Waals surface area contributed by atoms with Crippen LogP contribution in [0.3, 0.4) is 0 Å². The average molecular weight is 348 g/mol. The van der Waals surface area contributed by atoms with Crippen LogP contribution < -0.4 is 5.32 Å². The Hall–Kier alpha value is -1.69. The molecule has 0 amide bonds. The van der Waals surface area contributed by atoms with Gasteiger partial charge in [0.25, 0.3) is 0 Å². The number of nitrogens with zero attached hydrogens (tertiary/aromatic N) is 2. The molecular formula is C17H18ClN3OS. The second-order valence-electron chi connectivity index (χ2n) is 5.14. The molecule has 1 N–H and O–H groups in total. The van der Waals surface area contributed by atoms with E-state index >= 15 is 0 Å². The first-order chi connectivity index (χ1) is 11.2. The van der Waals surface area contributed by atoms with Crippen LogP contribution in [-0.4, -0.2) is 30.2 Å². The summed E-state index contributed by atoms with van der Waals surface area (Å²) in [7, 11) is 1.68. The number of hydrogen-bond donors (Lipinski definition) is 1. The molecular weight excluding hydrogens is 330 g/mol. The van der Waals surface area contributed by atoms with Gasteiger partial charge in [0.15, 0.2) is 0 Å². The Morgan fingerprint density at radius 2 is 2.00 bits per heavy atom. The number of halogens is 1. The summed E-state index contributed by atoms with van der Waals surface area (Å²) < 4.78 is 5.09. The van der Waals surface area contributed by atoms with Crippen molar-refractivity contribution in [1.82, 2.24) is 9.97 Å². The second kappa shape index (κ2) is 7.25. The first-order valence-corrected chi connectivity index (χ1v) is 8.75. The molecule has 3 aromatic rings. The quantitative estimate of drug-likeness (QED) is 0.521. The Labute approximate surface area is 144 Å². The molecule has 2 aromatic heterocycles. The van der Waals surface area contributed by atoms with Crippen molar-refractivity contribution in [3.05, 3.63) is 40.5 Å². The number of nitrogens with one attached hydrogen (secondary N) is 1. The lowest BCUT2D eigenvalue weighted by Crippen LogP contribution is -2.09. The van der Waals surface area contributed by atoms with E-state index in [-0.39, 0.29) is 5.28 Å². The number of ether oxygens (including phenoxy) is 1. The van der Waals surface area contributed by atoms with Gasteiger partial charge in [-0.25, -0.2) is 9.97 Å². The van der Waals surface area contributed by atoms with Crippen LogP contribution in [0.4, 0.5) is 5.82 Å². The Morgan fingerprint density at radius 1 is 1.22 bits per heavy atom. The summed E-state index contributed by atoms with van der Waals surface area (Å²) in [6, 6.07) is 8.61. The van der Waals surface area contributed by atoms with E-state index in [2.05, 4.69) is 51.9 Å². The van der Waals surface area contributed by atoms with Crippen molar-refractivity contribution in [3.8, 4) is 11.1 Å². The second-order valence-corrected chi connectivity index (χ2v) is 6.34. The predicted molar refractivity (Wildman–Crippen MR) is 97.6 cm³/mol. The number of aryl methyl sites for hydroxylation is 1. The molecule has 6 heteroatoms. The van der Waals surface area contributed by atoms with E-state index in [1.807, 2.05) is 0 Å². The van der Waals surface area contributed by atoms with Gasteiger partial charge in [-0.1, -0.05) is 31.2 Å². The number of benzene rings is 1. The highest BCUT2D eigenvalue weighted by molar-refractivity contribution is 7.17. The van der Waals surface area contributed by atoms with Crippen LogP contribution in [-0.2, 0) is 11.2 Å². The van der Waals surface area contributed by atoms with E-state index in [0.717, 1.165) is 33.6 Å². The third-order valence-corrected chi connectivity index (χ3v) is 4.72. The normalized spacial score (nSPS) is 11.1. The van der Waals surface area contributed by atoms with Crippen molar-refractivity contribution in [2.24, 2.45) is 0 Å². The maximum Gasteiger partial charge on any atom is 0.225 e. The Balaban J connectivity index is 2.06. The van der Waals surface area contributed by atoms with Gasteiger partial charge in [-0.15, -0.1) is 11.3 Å². The summed E-state index contributed by atoms with van der Waals surface area (Å²) in [6.07, 6.45) is 1.03. The van der Waals surface area contributed by atoms with E-state index in [1.165, 1.54) is 5.56 Å². The first-order valence-electron chi connectivity index (χ1n) is 7.49. The monoisotopic (exact) mass is 347 g/mol. The van der Waals surface area contributed by atoms with Crippen molar-refractivity contribution >= 4 is 39.0 Å². The molecule has 2 heterocycles. The Bertz CT molecular complexity index is 801. The van der Waals surface area contributed by atoms with Crippen molar-refractivity contribution in [1.29, 1.82) is 0 Å². The summed E-state index contributed by atoms with van der Waals surface area (Å²) in [4.78, 5) is 9.59. The summed E-state index contributed by atoms with van der Waals surface area (Å²) in [5, 5.41) is 6.67. The van der Waals surface area contributed by atoms with E-state index in [1.54, 1.807) is 18.4 Å². The summed E-state index contributed by atoms with van der Waals surface area (Å²) in [5.74, 6) is 0.757. The van der Waals surface area contributed by atoms with Crippen LogP contribution in [0.2, 0.25) is 5.28 Å². The van der Waals surface area contributed by atoms with E-state index in [4.69, 9.17) is 16.3 Å². The number of anilines is 1. The maximum absolute atomic E-state index is 6.04. The van der Waals surface area contributed by atoms with Gasteiger partial charge in [0.05, 0.1) is 12.0 Å². The third-order valence-electron chi connectivity index (χ3n) is 3.68. The molecule has 120 valence electrons. The molecule has 0 aliphatic rings. The minimum atomic E-state index is 0.257. The standard InChI is InChI=1S/C17H18ClN3OS/c1-3-11-4-6-12(7-5-11)13-10-23-16-14(13)15(19-8-9-22-2)20-17(18)21-16/h4-7,10H,3,8-9H2,1-2H3,(H,19,20,21). The molecule has 1 aromatic carbocycles. The zero-order valence-corrected chi connectivity index (χ0v) is 14.7. The lowest BCUT2D eigenvalue weighted by atomic mass is 10.0. The van der Waals surface area contributed by atoms with Gasteiger partial charge in [-0.2, -0.15) is 0 Å². The smallest absolute Gasteiger partial charge is 0.225 e. The van der Waals surface area contributed by atoms with Gasteiger partial charge in [0, 0.05) is 24.6 Å². The summed E-state index contributed by atoms with van der Waals surface area (Å²) in [6.45, 7) is 3.43. The molecule has 0 saturated heterocycles. The molecule has 0 unspecified atom stereocenters. The highest BCUT2D eigenvalue weighted by Gasteiger charge is 2.14. The molecule has 4 nitrogen and oxygen atoms in total. The molecule has 0 saturated carbocycles. The van der Waals surface area contributed by atoms with Crippen LogP contribution in [0.5, 0.6) is 0 Å². The third kappa shape index (κ3) is 3.47. The molecule has 0 bridgehead atoms. The highest BCUT2D eigenvalue weighted by Crippen LogP contribution is 2.37. The van der Waals surface area contributed by atoms with Gasteiger partial charge in [0.1, 0.15) is 10.6 Å². The van der Waals surface area contributed by atoms with Crippen molar-refractivity contribution in [3.63, 3.8) is 0 Å². The fourth-order valence-electron chi connectivity index (χ4n) is 2.45. The zero-order chi connectivity index (χ0) is 16.2. The van der Waals surface area contributed by atoms with Crippen molar-refractivity contribution in [2.45, 2.75) is 13.3 Å². The molecule has 0 aliphatic carbocycles. The largest absolute Gasteiger partial charge is 0.383 e. The number of aromatic nitrogens is 2. The minimum Gasteiger partial charge on any atom is -0.383 e. The number of methoxy groups -OCH3 is 1. The number of thiophene rings is 1. The number of rotatable bonds is 6. The van der Waals surface area contributed by atoms with Crippen LogP contribution in [0.25, 0.3) is 21.3 Å². The van der Waals surface area contributed by atoms with E-state index < -0.39 is 0 Å². The summed E-state index contributed by atoms with van der Waals surface area (Å²) in [5.41, 5.74) is 3.62. The molecule has 0 aliphatic heterocycles. The SMILES string of the molecule is CCc1ccc(-c2csc3nc(Cl)nc(NCCOC)c23)cc1. The first kappa shape index (κ1) is 16.2. The van der Waals surface area contributed by atoms with Crippen LogP contribution >= 0.6 is 22.9 Å². The van der Waals surface area contributed by atoms with E-state index in [9.17, 15) is 0 Å². The van der Waals surface area contributed by atoms with Gasteiger partial charge >= 0.3 is 0 Å². The molecule has 0 radical (unpaired) electrons. The van der Waals surface area contributed by atoms with Gasteiger partial charge < -0.3 is 10.1 Å². The van der Waals surface area contributed by atoms with Crippen LogP contribution in [0.15, 0.2) is 29.6 Å². The molecule has 0 atom stereocenters. The van der Waals surface area contributed by atoms with Gasteiger partial charge in [-0.3, -0.25) is 0 Å². The number of hydrogen-bond acceptors (Lipinski definition) is 5. The fourth-order valence-corrected chi connectivity index (χ4v) is 3.61. The Morgan fingerprint density at radius 3 is 2.70 bits per heavy atom. The molecule has 0 spiro atoms. The van der Waals surface area contributed by atoms with Crippen LogP contribution in [0.1, 0.15) is 12.5 Å². The average Bonchev–Trinajstić information content (AvgIpc) is 2.99. The van der Waals surface area contributed by atoms with Gasteiger partial charge in [-0.05, 0) is 29.1 Å². The van der Waals surface area contributed by atoms with Gasteiger partial charge in [0.2, 0.25) is 5.28 Å². The topological polar surface area (TPSA) is 47.0 Å².